The molecule has 0 saturated heterocycles. The average Bonchev–Trinajstić information content (AvgIpc) is 3.22. The molecule has 23 heavy (non-hydrogen) atoms. The Labute approximate surface area is 141 Å². The maximum atomic E-state index is 5.97. The smallest absolute Gasteiger partial charge is 0.193 e. The molecule has 1 atom stereocenters. The van der Waals surface area contributed by atoms with E-state index in [-0.39, 0.29) is 6.10 Å². The number of benzene rings is 1. The summed E-state index contributed by atoms with van der Waals surface area (Å²) in [4.78, 5) is 7.95. The van der Waals surface area contributed by atoms with Crippen molar-refractivity contribution in [2.75, 3.05) is 27.2 Å². The fraction of sp³-hybridized carbons (Fsp3) is 0.389. The van der Waals surface area contributed by atoms with E-state index < -0.39 is 0 Å². The predicted molar refractivity (Wildman–Crippen MR) is 96.6 cm³/mol. The molecule has 1 aromatic carbocycles. The van der Waals surface area contributed by atoms with Gasteiger partial charge in [-0.1, -0.05) is 24.3 Å². The Morgan fingerprint density at radius 1 is 1.35 bits per heavy atom. The fourth-order valence-electron chi connectivity index (χ4n) is 2.80. The highest BCUT2D eigenvalue weighted by Gasteiger charge is 2.22. The van der Waals surface area contributed by atoms with Crippen LogP contribution in [0.3, 0.4) is 0 Å². The summed E-state index contributed by atoms with van der Waals surface area (Å²) in [7, 11) is 3.90. The Bertz CT molecular complexity index is 629. The molecule has 5 heteroatoms. The van der Waals surface area contributed by atoms with Gasteiger partial charge < -0.3 is 15.0 Å². The van der Waals surface area contributed by atoms with Crippen molar-refractivity contribution in [3.05, 3.63) is 52.2 Å². The lowest BCUT2D eigenvalue weighted by Gasteiger charge is -2.23. The van der Waals surface area contributed by atoms with Gasteiger partial charge >= 0.3 is 0 Å². The molecular weight excluding hydrogens is 306 g/mol. The number of fused-ring (bicyclic) bond motifs is 1. The highest BCUT2D eigenvalue weighted by Crippen LogP contribution is 2.27. The lowest BCUT2D eigenvalue weighted by Crippen LogP contribution is -2.43. The molecule has 2 heterocycles. The number of thiophene rings is 1. The quantitative estimate of drug-likeness (QED) is 0.677. The number of hydrogen-bond acceptors (Lipinski definition) is 3. The van der Waals surface area contributed by atoms with Gasteiger partial charge in [-0.3, -0.25) is 4.99 Å². The summed E-state index contributed by atoms with van der Waals surface area (Å²) in [6, 6.07) is 12.5. The third-order valence-electron chi connectivity index (χ3n) is 4.05. The molecule has 4 nitrogen and oxygen atoms in total. The largest absolute Gasteiger partial charge is 0.488 e. The van der Waals surface area contributed by atoms with E-state index in [0.717, 1.165) is 37.6 Å². The highest BCUT2D eigenvalue weighted by atomic mass is 32.1. The van der Waals surface area contributed by atoms with Crippen molar-refractivity contribution in [2.45, 2.75) is 18.9 Å². The van der Waals surface area contributed by atoms with Crippen molar-refractivity contribution in [1.29, 1.82) is 0 Å². The number of para-hydroxylation sites is 1. The predicted octanol–water partition coefficient (Wildman–Crippen LogP) is 2.80. The van der Waals surface area contributed by atoms with Crippen LogP contribution in [-0.4, -0.2) is 44.1 Å². The maximum absolute atomic E-state index is 5.97. The Balaban J connectivity index is 1.46. The second-order valence-electron chi connectivity index (χ2n) is 5.73. The summed E-state index contributed by atoms with van der Waals surface area (Å²) in [5.74, 6) is 1.93. The zero-order valence-corrected chi connectivity index (χ0v) is 14.5. The number of rotatable bonds is 5. The van der Waals surface area contributed by atoms with E-state index in [1.165, 1.54) is 10.4 Å². The first-order valence-corrected chi connectivity index (χ1v) is 8.83. The van der Waals surface area contributed by atoms with Gasteiger partial charge in [-0.2, -0.15) is 0 Å². The Hall–Kier alpha value is -2.01. The van der Waals surface area contributed by atoms with Crippen molar-refractivity contribution >= 4 is 17.3 Å². The first-order valence-electron chi connectivity index (χ1n) is 7.95. The van der Waals surface area contributed by atoms with E-state index >= 15 is 0 Å². The number of ether oxygens (including phenoxy) is 1. The molecule has 3 rings (SSSR count). The maximum Gasteiger partial charge on any atom is 0.193 e. The number of likely N-dealkylation sites (N-methyl/N-ethyl adjacent to an activating group) is 1. The minimum Gasteiger partial charge on any atom is -0.488 e. The molecule has 1 unspecified atom stereocenters. The molecule has 0 saturated carbocycles. The molecule has 0 fully saturated rings. The van der Waals surface area contributed by atoms with Crippen LogP contribution in [0.1, 0.15) is 10.4 Å². The van der Waals surface area contributed by atoms with Gasteiger partial charge in [0.1, 0.15) is 11.9 Å². The molecule has 2 aromatic rings. The summed E-state index contributed by atoms with van der Waals surface area (Å²) in [6.07, 6.45) is 2.18. The molecule has 0 radical (unpaired) electrons. The van der Waals surface area contributed by atoms with E-state index in [0.29, 0.717) is 0 Å². The minimum atomic E-state index is 0.176. The normalized spacial score (nSPS) is 16.8. The molecule has 1 N–H and O–H groups in total. The van der Waals surface area contributed by atoms with Crippen molar-refractivity contribution in [3.8, 4) is 5.75 Å². The zero-order valence-electron chi connectivity index (χ0n) is 13.7. The lowest BCUT2D eigenvalue weighted by atomic mass is 10.1. The third kappa shape index (κ3) is 4.05. The van der Waals surface area contributed by atoms with Crippen LogP contribution in [0.25, 0.3) is 0 Å². The summed E-state index contributed by atoms with van der Waals surface area (Å²) >= 11 is 1.80. The summed E-state index contributed by atoms with van der Waals surface area (Å²) < 4.78 is 5.97. The van der Waals surface area contributed by atoms with Crippen molar-refractivity contribution in [2.24, 2.45) is 4.99 Å². The van der Waals surface area contributed by atoms with Gasteiger partial charge in [0, 0.05) is 31.9 Å². The van der Waals surface area contributed by atoms with Crippen LogP contribution in [-0.2, 0) is 12.8 Å². The Morgan fingerprint density at radius 2 is 2.22 bits per heavy atom. The second kappa shape index (κ2) is 7.51. The number of aliphatic imine (C=N–C) groups is 1. The Kier molecular flexibility index (Phi) is 5.18. The van der Waals surface area contributed by atoms with Gasteiger partial charge in [0.25, 0.3) is 0 Å². The van der Waals surface area contributed by atoms with Gasteiger partial charge in [0.15, 0.2) is 5.96 Å². The molecule has 0 amide bonds. The number of guanidine groups is 1. The van der Waals surface area contributed by atoms with Gasteiger partial charge in [0.2, 0.25) is 0 Å². The average molecular weight is 329 g/mol. The minimum absolute atomic E-state index is 0.176. The molecular formula is C18H23N3OS. The standard InChI is InChI=1S/C18H23N3OS/c1-19-18(21(2)10-9-16-7-5-11-23-16)20-13-15-12-14-6-3-4-8-17(14)22-15/h3-8,11,15H,9-10,12-13H2,1-2H3,(H,19,20). The van der Waals surface area contributed by atoms with Gasteiger partial charge in [-0.15, -0.1) is 11.3 Å². The van der Waals surface area contributed by atoms with E-state index in [9.17, 15) is 0 Å². The number of nitrogens with one attached hydrogen (secondary N) is 1. The highest BCUT2D eigenvalue weighted by molar-refractivity contribution is 7.09. The van der Waals surface area contributed by atoms with Gasteiger partial charge in [-0.25, -0.2) is 0 Å². The third-order valence-corrected chi connectivity index (χ3v) is 4.98. The van der Waals surface area contributed by atoms with Crippen LogP contribution in [0.5, 0.6) is 5.75 Å². The van der Waals surface area contributed by atoms with Crippen LogP contribution in [0.2, 0.25) is 0 Å². The molecule has 0 aliphatic carbocycles. The van der Waals surface area contributed by atoms with Crippen molar-refractivity contribution in [1.82, 2.24) is 10.2 Å². The summed E-state index contributed by atoms with van der Waals surface area (Å²) in [5.41, 5.74) is 1.29. The summed E-state index contributed by atoms with van der Waals surface area (Å²) in [6.45, 7) is 1.72. The lowest BCUT2D eigenvalue weighted by molar-refractivity contribution is 0.233. The molecule has 0 spiro atoms. The summed E-state index contributed by atoms with van der Waals surface area (Å²) in [5, 5.41) is 5.55. The molecule has 122 valence electrons. The van der Waals surface area contributed by atoms with Gasteiger partial charge in [0.05, 0.1) is 6.54 Å². The molecule has 1 aliphatic heterocycles. The van der Waals surface area contributed by atoms with E-state index in [1.54, 1.807) is 11.3 Å². The zero-order chi connectivity index (χ0) is 16.1. The first-order chi connectivity index (χ1) is 11.3. The van der Waals surface area contributed by atoms with Crippen molar-refractivity contribution < 1.29 is 4.74 Å². The van der Waals surface area contributed by atoms with Crippen LogP contribution >= 0.6 is 11.3 Å². The van der Waals surface area contributed by atoms with E-state index in [1.807, 2.05) is 19.2 Å². The van der Waals surface area contributed by atoms with Crippen molar-refractivity contribution in [3.63, 3.8) is 0 Å². The Morgan fingerprint density at radius 3 is 2.96 bits per heavy atom. The monoisotopic (exact) mass is 329 g/mol. The molecule has 1 aromatic heterocycles. The van der Waals surface area contributed by atoms with Crippen LogP contribution < -0.4 is 10.1 Å². The topological polar surface area (TPSA) is 36.9 Å². The van der Waals surface area contributed by atoms with Crippen LogP contribution in [0.15, 0.2) is 46.8 Å². The van der Waals surface area contributed by atoms with E-state index in [4.69, 9.17) is 4.74 Å². The SMILES string of the molecule is CN=C(NCC1Cc2ccccc2O1)N(C)CCc1cccs1. The van der Waals surface area contributed by atoms with Crippen LogP contribution in [0.4, 0.5) is 0 Å². The molecule has 0 bridgehead atoms. The fourth-order valence-corrected chi connectivity index (χ4v) is 3.49. The number of hydrogen-bond donors (Lipinski definition) is 1. The second-order valence-corrected chi connectivity index (χ2v) is 6.76. The number of nitrogens with zero attached hydrogens (tertiary/aromatic N) is 2. The molecule has 1 aliphatic rings. The van der Waals surface area contributed by atoms with E-state index in [2.05, 4.69) is 51.9 Å². The van der Waals surface area contributed by atoms with Gasteiger partial charge in [-0.05, 0) is 29.5 Å². The van der Waals surface area contributed by atoms with Crippen LogP contribution in [0, 0.1) is 0 Å². The first kappa shape index (κ1) is 15.9.